The van der Waals surface area contributed by atoms with E-state index in [-0.39, 0.29) is 11.7 Å². The number of benzene rings is 2. The Bertz CT molecular complexity index is 935. The molecule has 0 saturated carbocycles. The maximum atomic E-state index is 13.4. The van der Waals surface area contributed by atoms with E-state index in [4.69, 9.17) is 0 Å². The van der Waals surface area contributed by atoms with Gasteiger partial charge in [-0.3, -0.25) is 9.78 Å². The number of hydrogen-bond acceptors (Lipinski definition) is 3. The smallest absolute Gasteiger partial charge is 0.253 e. The summed E-state index contributed by atoms with van der Waals surface area (Å²) in [5.74, 6) is -0.270. The fourth-order valence-electron chi connectivity index (χ4n) is 3.21. The van der Waals surface area contributed by atoms with Crippen LogP contribution in [0.15, 0.2) is 48.7 Å². The summed E-state index contributed by atoms with van der Waals surface area (Å²) >= 11 is 0. The van der Waals surface area contributed by atoms with Crippen LogP contribution in [0.25, 0.3) is 22.3 Å². The first kappa shape index (κ1) is 15.7. The highest BCUT2D eigenvalue weighted by Gasteiger charge is 2.18. The molecule has 3 aromatic rings. The first-order valence-corrected chi connectivity index (χ1v) is 8.53. The average molecular weight is 335 g/mol. The monoisotopic (exact) mass is 335 g/mol. The minimum Gasteiger partial charge on any atom is -0.339 e. The summed E-state index contributed by atoms with van der Waals surface area (Å²) < 4.78 is 13.4. The number of carbonyl (C=O) groups is 1. The van der Waals surface area contributed by atoms with Gasteiger partial charge in [0.2, 0.25) is 0 Å². The molecule has 0 spiro atoms. The second-order valence-electron chi connectivity index (χ2n) is 6.32. The number of aromatic nitrogens is 2. The highest BCUT2D eigenvalue weighted by Crippen LogP contribution is 2.21. The molecular weight excluding hydrogens is 317 g/mol. The molecule has 0 bridgehead atoms. The van der Waals surface area contributed by atoms with Gasteiger partial charge in [-0.15, -0.1) is 0 Å². The van der Waals surface area contributed by atoms with Gasteiger partial charge < -0.3 is 4.90 Å². The van der Waals surface area contributed by atoms with Gasteiger partial charge >= 0.3 is 0 Å². The molecule has 1 amide bonds. The van der Waals surface area contributed by atoms with E-state index in [2.05, 4.69) is 9.97 Å². The Kier molecular flexibility index (Phi) is 4.14. The van der Waals surface area contributed by atoms with E-state index >= 15 is 0 Å². The number of nitrogens with zero attached hydrogens (tertiary/aromatic N) is 3. The van der Waals surface area contributed by atoms with Crippen molar-refractivity contribution in [2.24, 2.45) is 0 Å². The van der Waals surface area contributed by atoms with Gasteiger partial charge in [0.15, 0.2) is 0 Å². The summed E-state index contributed by atoms with van der Waals surface area (Å²) in [5.41, 5.74) is 3.25. The van der Waals surface area contributed by atoms with Crippen molar-refractivity contribution < 1.29 is 9.18 Å². The van der Waals surface area contributed by atoms with Crippen LogP contribution in [0.1, 0.15) is 29.6 Å². The zero-order chi connectivity index (χ0) is 17.2. The first-order chi connectivity index (χ1) is 12.2. The summed E-state index contributed by atoms with van der Waals surface area (Å²) in [7, 11) is 0. The lowest BCUT2D eigenvalue weighted by Gasteiger charge is -2.26. The Balaban J connectivity index is 1.70. The molecule has 2 heterocycles. The van der Waals surface area contributed by atoms with E-state index in [9.17, 15) is 9.18 Å². The molecule has 2 aromatic carbocycles. The third kappa shape index (κ3) is 3.22. The van der Waals surface area contributed by atoms with E-state index in [1.165, 1.54) is 18.6 Å². The zero-order valence-electron chi connectivity index (χ0n) is 13.8. The Morgan fingerprint density at radius 2 is 1.84 bits per heavy atom. The highest BCUT2D eigenvalue weighted by molar-refractivity contribution is 5.97. The molecule has 0 unspecified atom stereocenters. The van der Waals surface area contributed by atoms with Crippen molar-refractivity contribution in [2.45, 2.75) is 19.3 Å². The van der Waals surface area contributed by atoms with Crippen LogP contribution in [-0.4, -0.2) is 33.9 Å². The number of amides is 1. The minimum atomic E-state index is -0.312. The average Bonchev–Trinajstić information content (AvgIpc) is 2.67. The summed E-state index contributed by atoms with van der Waals surface area (Å²) in [6, 6.07) is 11.7. The number of rotatable bonds is 2. The largest absolute Gasteiger partial charge is 0.339 e. The molecule has 1 aliphatic rings. The molecule has 5 heteroatoms. The lowest BCUT2D eigenvalue weighted by molar-refractivity contribution is 0.0724. The fourth-order valence-corrected chi connectivity index (χ4v) is 3.21. The van der Waals surface area contributed by atoms with Crippen molar-refractivity contribution in [1.82, 2.24) is 14.9 Å². The normalized spacial score (nSPS) is 14.7. The number of hydrogen-bond donors (Lipinski definition) is 0. The molecule has 0 N–H and O–H groups in total. The van der Waals surface area contributed by atoms with Crippen LogP contribution in [-0.2, 0) is 0 Å². The van der Waals surface area contributed by atoms with Gasteiger partial charge in [-0.25, -0.2) is 9.37 Å². The number of fused-ring (bicyclic) bond motifs is 1. The topological polar surface area (TPSA) is 46.1 Å². The Morgan fingerprint density at radius 3 is 2.64 bits per heavy atom. The highest BCUT2D eigenvalue weighted by atomic mass is 19.1. The van der Waals surface area contributed by atoms with Crippen molar-refractivity contribution in [3.05, 3.63) is 60.0 Å². The Morgan fingerprint density at radius 1 is 1.00 bits per heavy atom. The third-order valence-corrected chi connectivity index (χ3v) is 4.55. The van der Waals surface area contributed by atoms with Gasteiger partial charge in [0.25, 0.3) is 5.91 Å². The van der Waals surface area contributed by atoms with Crippen LogP contribution in [0.2, 0.25) is 0 Å². The van der Waals surface area contributed by atoms with Gasteiger partial charge in [-0.1, -0.05) is 12.1 Å². The molecule has 0 radical (unpaired) electrons. The molecule has 1 saturated heterocycles. The maximum absolute atomic E-state index is 13.4. The summed E-state index contributed by atoms with van der Waals surface area (Å²) in [6.45, 7) is 1.62. The predicted molar refractivity (Wildman–Crippen MR) is 94.7 cm³/mol. The van der Waals surface area contributed by atoms with E-state index in [1.807, 2.05) is 11.0 Å². The van der Waals surface area contributed by atoms with Crippen LogP contribution in [0.5, 0.6) is 0 Å². The molecule has 4 rings (SSSR count). The summed E-state index contributed by atoms with van der Waals surface area (Å²) in [5, 5.41) is 0. The summed E-state index contributed by atoms with van der Waals surface area (Å²) in [6.07, 6.45) is 4.93. The van der Waals surface area contributed by atoms with E-state index in [0.717, 1.165) is 31.4 Å². The summed E-state index contributed by atoms with van der Waals surface area (Å²) in [4.78, 5) is 23.5. The first-order valence-electron chi connectivity index (χ1n) is 8.53. The van der Waals surface area contributed by atoms with Crippen LogP contribution < -0.4 is 0 Å². The van der Waals surface area contributed by atoms with Crippen molar-refractivity contribution in [2.75, 3.05) is 13.1 Å². The van der Waals surface area contributed by atoms with Crippen molar-refractivity contribution in [1.29, 1.82) is 0 Å². The Hall–Kier alpha value is -2.82. The molecule has 4 nitrogen and oxygen atoms in total. The maximum Gasteiger partial charge on any atom is 0.253 e. The van der Waals surface area contributed by atoms with Crippen LogP contribution in [0, 0.1) is 5.82 Å². The third-order valence-electron chi connectivity index (χ3n) is 4.55. The fraction of sp³-hybridized carbons (Fsp3) is 0.250. The predicted octanol–water partition coefficient (Wildman–Crippen LogP) is 4.06. The van der Waals surface area contributed by atoms with Crippen molar-refractivity contribution in [3.8, 4) is 11.3 Å². The number of halogens is 1. The second kappa shape index (κ2) is 6.59. The molecule has 126 valence electrons. The van der Waals surface area contributed by atoms with Gasteiger partial charge in [-0.2, -0.15) is 0 Å². The SMILES string of the molecule is O=C(c1ccc2ncc(-c3cccc(F)c3)nc2c1)N1CCCCC1. The minimum absolute atomic E-state index is 0.0413. The quantitative estimate of drug-likeness (QED) is 0.709. The lowest BCUT2D eigenvalue weighted by atomic mass is 10.1. The van der Waals surface area contributed by atoms with E-state index < -0.39 is 0 Å². The number of likely N-dealkylation sites (tertiary alicyclic amines) is 1. The van der Waals surface area contributed by atoms with Gasteiger partial charge in [-0.05, 0) is 49.6 Å². The lowest BCUT2D eigenvalue weighted by Crippen LogP contribution is -2.35. The number of piperidine rings is 1. The molecular formula is C20H18FN3O. The second-order valence-corrected chi connectivity index (χ2v) is 6.32. The van der Waals surface area contributed by atoms with Crippen molar-refractivity contribution >= 4 is 16.9 Å². The molecule has 0 aliphatic carbocycles. The van der Waals surface area contributed by atoms with E-state index in [1.54, 1.807) is 30.5 Å². The standard InChI is InChI=1S/C20H18FN3O/c21-16-6-4-5-14(11-16)19-13-22-17-8-7-15(12-18(17)23-19)20(25)24-9-2-1-3-10-24/h4-8,11-13H,1-3,9-10H2. The van der Waals surface area contributed by atoms with Gasteiger partial charge in [0.05, 0.1) is 22.9 Å². The van der Waals surface area contributed by atoms with Crippen LogP contribution >= 0.6 is 0 Å². The van der Waals surface area contributed by atoms with E-state index in [0.29, 0.717) is 22.3 Å². The van der Waals surface area contributed by atoms with Crippen molar-refractivity contribution in [3.63, 3.8) is 0 Å². The number of carbonyl (C=O) groups excluding carboxylic acids is 1. The van der Waals surface area contributed by atoms with Crippen LogP contribution in [0.3, 0.4) is 0 Å². The molecule has 0 atom stereocenters. The zero-order valence-corrected chi connectivity index (χ0v) is 13.8. The molecule has 1 aliphatic heterocycles. The molecule has 1 aromatic heterocycles. The molecule has 1 fully saturated rings. The molecule has 25 heavy (non-hydrogen) atoms. The van der Waals surface area contributed by atoms with Gasteiger partial charge in [0, 0.05) is 24.2 Å². The Labute approximate surface area is 145 Å². The van der Waals surface area contributed by atoms with Crippen LogP contribution in [0.4, 0.5) is 4.39 Å². The van der Waals surface area contributed by atoms with Gasteiger partial charge in [0.1, 0.15) is 5.82 Å².